The van der Waals surface area contributed by atoms with E-state index in [0.29, 0.717) is 12.5 Å². The van der Waals surface area contributed by atoms with Gasteiger partial charge in [-0.15, -0.1) is 0 Å². The third-order valence-electron chi connectivity index (χ3n) is 3.60. The van der Waals surface area contributed by atoms with E-state index in [2.05, 4.69) is 39.1 Å². The number of nitrogens with two attached hydrogens (primary N) is 1. The van der Waals surface area contributed by atoms with E-state index in [0.717, 1.165) is 15.7 Å². The summed E-state index contributed by atoms with van der Waals surface area (Å²) in [4.78, 5) is 6.28. The van der Waals surface area contributed by atoms with Crippen molar-refractivity contribution < 1.29 is 4.39 Å². The number of hydrogen-bond donors (Lipinski definition) is 1. The number of hydrogen-bond acceptors (Lipinski definition) is 3. The summed E-state index contributed by atoms with van der Waals surface area (Å²) in [5.74, 6) is 0.195. The van der Waals surface area contributed by atoms with Crippen LogP contribution in [-0.2, 0) is 0 Å². The monoisotopic (exact) mass is 347 g/mol. The van der Waals surface area contributed by atoms with Crippen molar-refractivity contribution in [1.29, 1.82) is 0 Å². The van der Waals surface area contributed by atoms with Crippen molar-refractivity contribution >= 4 is 27.6 Å². The molecule has 1 aliphatic rings. The van der Waals surface area contributed by atoms with Crippen molar-refractivity contribution in [3.63, 3.8) is 0 Å². The smallest absolute Gasteiger partial charge is 0.196 e. The Morgan fingerprint density at radius 3 is 2.62 bits per heavy atom. The van der Waals surface area contributed by atoms with Crippen LogP contribution < -0.4 is 10.6 Å². The highest BCUT2D eigenvalue weighted by Gasteiger charge is 2.30. The van der Waals surface area contributed by atoms with Crippen molar-refractivity contribution in [2.75, 3.05) is 11.4 Å². The van der Waals surface area contributed by atoms with E-state index in [9.17, 15) is 4.39 Å². The molecule has 5 heteroatoms. The van der Waals surface area contributed by atoms with Crippen LogP contribution in [0.25, 0.3) is 0 Å². The largest absolute Gasteiger partial charge is 0.369 e. The molecule has 0 amide bonds. The fraction of sp³-hybridized carbons (Fsp3) is 0.188. The first-order chi connectivity index (χ1) is 10.1. The molecule has 0 aromatic heterocycles. The molecule has 2 N–H and O–H groups in total. The SMILES string of the molecule is Cc1ccc(C2CN=C(N)N2c2ccc(F)cc2)c(Br)c1. The van der Waals surface area contributed by atoms with Crippen LogP contribution in [-0.4, -0.2) is 12.5 Å². The number of benzene rings is 2. The Hall–Kier alpha value is -1.88. The third kappa shape index (κ3) is 2.65. The lowest BCUT2D eigenvalue weighted by Crippen LogP contribution is -2.36. The minimum Gasteiger partial charge on any atom is -0.369 e. The maximum atomic E-state index is 13.1. The van der Waals surface area contributed by atoms with Gasteiger partial charge in [0.15, 0.2) is 5.96 Å². The second-order valence-corrected chi connectivity index (χ2v) is 5.94. The quantitative estimate of drug-likeness (QED) is 0.898. The van der Waals surface area contributed by atoms with Gasteiger partial charge in [-0.3, -0.25) is 4.99 Å². The van der Waals surface area contributed by atoms with Gasteiger partial charge in [-0.05, 0) is 48.4 Å². The lowest BCUT2D eigenvalue weighted by molar-refractivity contribution is 0.627. The summed E-state index contributed by atoms with van der Waals surface area (Å²) in [5.41, 5.74) is 9.17. The summed E-state index contributed by atoms with van der Waals surface area (Å²) >= 11 is 3.61. The van der Waals surface area contributed by atoms with Crippen LogP contribution in [0.2, 0.25) is 0 Å². The number of aliphatic imine (C=N–C) groups is 1. The molecule has 0 aliphatic carbocycles. The highest BCUT2D eigenvalue weighted by atomic mass is 79.9. The van der Waals surface area contributed by atoms with Crippen LogP contribution in [0.15, 0.2) is 51.9 Å². The molecule has 0 saturated heterocycles. The molecule has 2 aromatic carbocycles. The molecule has 3 nitrogen and oxygen atoms in total. The first-order valence-electron chi connectivity index (χ1n) is 6.67. The van der Waals surface area contributed by atoms with Gasteiger partial charge >= 0.3 is 0 Å². The second kappa shape index (κ2) is 5.48. The van der Waals surface area contributed by atoms with Crippen LogP contribution >= 0.6 is 15.9 Å². The fourth-order valence-electron chi connectivity index (χ4n) is 2.55. The van der Waals surface area contributed by atoms with Gasteiger partial charge in [0.2, 0.25) is 0 Å². The van der Waals surface area contributed by atoms with Crippen LogP contribution in [0.5, 0.6) is 0 Å². The highest BCUT2D eigenvalue weighted by Crippen LogP contribution is 2.35. The Labute approximate surface area is 131 Å². The Kier molecular flexibility index (Phi) is 3.68. The molecule has 0 saturated carbocycles. The predicted molar refractivity (Wildman–Crippen MR) is 87.0 cm³/mol. The maximum absolute atomic E-state index is 13.1. The number of aryl methyl sites for hydroxylation is 1. The third-order valence-corrected chi connectivity index (χ3v) is 4.29. The average Bonchev–Trinajstić information content (AvgIpc) is 2.82. The molecule has 1 atom stereocenters. The van der Waals surface area contributed by atoms with E-state index in [1.807, 2.05) is 11.8 Å². The molecule has 108 valence electrons. The predicted octanol–water partition coefficient (Wildman–Crippen LogP) is 3.77. The average molecular weight is 348 g/mol. The number of rotatable bonds is 2. The fourth-order valence-corrected chi connectivity index (χ4v) is 3.31. The van der Waals surface area contributed by atoms with Gasteiger partial charge in [-0.25, -0.2) is 4.39 Å². The number of halogens is 2. The van der Waals surface area contributed by atoms with Gasteiger partial charge < -0.3 is 10.6 Å². The Morgan fingerprint density at radius 2 is 1.95 bits per heavy atom. The van der Waals surface area contributed by atoms with Gasteiger partial charge in [0.05, 0.1) is 12.6 Å². The van der Waals surface area contributed by atoms with Gasteiger partial charge in [-0.2, -0.15) is 0 Å². The molecule has 3 rings (SSSR count). The topological polar surface area (TPSA) is 41.6 Å². The molecule has 1 unspecified atom stereocenters. The Morgan fingerprint density at radius 1 is 1.24 bits per heavy atom. The van der Waals surface area contributed by atoms with Gasteiger partial charge in [0.25, 0.3) is 0 Å². The zero-order chi connectivity index (χ0) is 15.0. The zero-order valence-corrected chi connectivity index (χ0v) is 13.1. The first kappa shape index (κ1) is 14.1. The minimum absolute atomic E-state index is 0.0189. The minimum atomic E-state index is -0.262. The molecule has 0 fully saturated rings. The summed E-state index contributed by atoms with van der Waals surface area (Å²) in [5, 5.41) is 0. The molecule has 21 heavy (non-hydrogen) atoms. The number of guanidine groups is 1. The molecule has 1 aliphatic heterocycles. The maximum Gasteiger partial charge on any atom is 0.196 e. The molecule has 0 bridgehead atoms. The molecular formula is C16H15BrFN3. The first-order valence-corrected chi connectivity index (χ1v) is 7.46. The highest BCUT2D eigenvalue weighted by molar-refractivity contribution is 9.10. The van der Waals surface area contributed by atoms with E-state index in [4.69, 9.17) is 5.73 Å². The lowest BCUT2D eigenvalue weighted by Gasteiger charge is -2.27. The van der Waals surface area contributed by atoms with Gasteiger partial charge in [-0.1, -0.05) is 28.1 Å². The van der Waals surface area contributed by atoms with E-state index < -0.39 is 0 Å². The van der Waals surface area contributed by atoms with Gasteiger partial charge in [0.1, 0.15) is 5.82 Å². The van der Waals surface area contributed by atoms with Crippen LogP contribution in [0.1, 0.15) is 17.2 Å². The number of anilines is 1. The van der Waals surface area contributed by atoms with Crippen LogP contribution in [0.3, 0.4) is 0 Å². The molecular weight excluding hydrogens is 333 g/mol. The normalized spacial score (nSPS) is 18.0. The summed E-state index contributed by atoms with van der Waals surface area (Å²) in [6.07, 6.45) is 0. The lowest BCUT2D eigenvalue weighted by atomic mass is 10.0. The van der Waals surface area contributed by atoms with Crippen LogP contribution in [0.4, 0.5) is 10.1 Å². The van der Waals surface area contributed by atoms with Crippen molar-refractivity contribution in [3.05, 3.63) is 63.9 Å². The van der Waals surface area contributed by atoms with E-state index >= 15 is 0 Å². The van der Waals surface area contributed by atoms with Crippen LogP contribution in [0, 0.1) is 12.7 Å². The van der Waals surface area contributed by atoms with Gasteiger partial charge in [0, 0.05) is 10.2 Å². The standard InChI is InChI=1S/C16H15BrFN3/c1-10-2-7-13(14(17)8-10)15-9-20-16(19)21(15)12-5-3-11(18)4-6-12/h2-8,15H,9H2,1H3,(H2,19,20). The second-order valence-electron chi connectivity index (χ2n) is 5.09. The Balaban J connectivity index is 2.00. The summed E-state index contributed by atoms with van der Waals surface area (Å²) in [6.45, 7) is 2.64. The zero-order valence-electron chi connectivity index (χ0n) is 11.6. The molecule has 1 heterocycles. The van der Waals surface area contributed by atoms with E-state index in [1.54, 1.807) is 12.1 Å². The van der Waals surface area contributed by atoms with Crippen molar-refractivity contribution in [2.24, 2.45) is 10.7 Å². The summed E-state index contributed by atoms with van der Waals surface area (Å²) in [6, 6.07) is 12.5. The molecule has 0 spiro atoms. The Bertz CT molecular complexity index is 697. The van der Waals surface area contributed by atoms with E-state index in [-0.39, 0.29) is 11.9 Å². The molecule has 0 radical (unpaired) electrons. The molecule has 2 aromatic rings. The summed E-state index contributed by atoms with van der Waals surface area (Å²) in [7, 11) is 0. The van der Waals surface area contributed by atoms with E-state index in [1.165, 1.54) is 17.7 Å². The summed E-state index contributed by atoms with van der Waals surface area (Å²) < 4.78 is 14.1. The van der Waals surface area contributed by atoms with Crippen molar-refractivity contribution in [1.82, 2.24) is 0 Å². The van der Waals surface area contributed by atoms with Crippen molar-refractivity contribution in [3.8, 4) is 0 Å². The number of nitrogens with zero attached hydrogens (tertiary/aromatic N) is 2. The van der Waals surface area contributed by atoms with Crippen molar-refractivity contribution in [2.45, 2.75) is 13.0 Å².